The molecule has 1 saturated heterocycles. The summed E-state index contributed by atoms with van der Waals surface area (Å²) in [5, 5.41) is 4.43. The van der Waals surface area contributed by atoms with Gasteiger partial charge in [0.25, 0.3) is 0 Å². The van der Waals surface area contributed by atoms with E-state index < -0.39 is 35.2 Å². The maximum absolute atomic E-state index is 13.0. The number of nitrogens with zero attached hydrogens (tertiary/aromatic N) is 2. The van der Waals surface area contributed by atoms with Crippen molar-refractivity contribution in [1.82, 2.24) is 4.90 Å². The summed E-state index contributed by atoms with van der Waals surface area (Å²) < 4.78 is 78.1. The molecule has 3 rings (SSSR count). The normalized spacial score (nSPS) is 14.6. The van der Waals surface area contributed by atoms with Crippen molar-refractivity contribution >= 4 is 29.0 Å². The molecule has 0 aromatic heterocycles. The maximum atomic E-state index is 13.0. The minimum absolute atomic E-state index is 0.0104. The van der Waals surface area contributed by atoms with Crippen LogP contribution in [0.25, 0.3) is 0 Å². The molecule has 6 nitrogen and oxygen atoms in total. The second-order valence-corrected chi connectivity index (χ2v) is 8.75. The second-order valence-electron chi connectivity index (χ2n) is 8.75. The zero-order valence-corrected chi connectivity index (χ0v) is 20.3. The average molecular weight is 531 g/mol. The Balaban J connectivity index is 1.61. The predicted molar refractivity (Wildman–Crippen MR) is 128 cm³/mol. The van der Waals surface area contributed by atoms with E-state index in [0.29, 0.717) is 44.0 Å². The van der Waals surface area contributed by atoms with Crippen LogP contribution in [-0.4, -0.2) is 43.0 Å². The van der Waals surface area contributed by atoms with Gasteiger partial charge in [0, 0.05) is 49.2 Å². The van der Waals surface area contributed by atoms with Crippen LogP contribution in [0.1, 0.15) is 37.8 Å². The lowest BCUT2D eigenvalue weighted by Gasteiger charge is -2.37. The molecule has 0 aliphatic carbocycles. The highest BCUT2D eigenvalue weighted by atomic mass is 19.4. The van der Waals surface area contributed by atoms with Crippen molar-refractivity contribution in [3.05, 3.63) is 53.6 Å². The van der Waals surface area contributed by atoms with Crippen molar-refractivity contribution < 1.29 is 35.9 Å². The molecule has 12 heteroatoms. The molecular weight excluding hydrogens is 502 g/mol. The monoisotopic (exact) mass is 530 g/mol. The number of alkyl halides is 6. The Kier molecular flexibility index (Phi) is 8.60. The van der Waals surface area contributed by atoms with Gasteiger partial charge in [-0.2, -0.15) is 26.3 Å². The number of hydrogen-bond acceptors (Lipinski definition) is 3. The van der Waals surface area contributed by atoms with Crippen LogP contribution >= 0.6 is 0 Å². The van der Waals surface area contributed by atoms with Gasteiger partial charge in [0.1, 0.15) is 0 Å². The van der Waals surface area contributed by atoms with Gasteiger partial charge in [-0.1, -0.05) is 13.8 Å². The number of nitrogens with one attached hydrogen (secondary N) is 2. The fourth-order valence-electron chi connectivity index (χ4n) is 4.16. The zero-order chi connectivity index (χ0) is 27.4. The number of rotatable bonds is 6. The van der Waals surface area contributed by atoms with Crippen LogP contribution in [0.4, 0.5) is 48.2 Å². The van der Waals surface area contributed by atoms with E-state index in [1.54, 1.807) is 24.3 Å². The van der Waals surface area contributed by atoms with Crippen LogP contribution in [0, 0.1) is 5.92 Å². The molecule has 1 heterocycles. The molecule has 3 amide bonds. The van der Waals surface area contributed by atoms with E-state index in [9.17, 15) is 35.9 Å². The third-order valence-electron chi connectivity index (χ3n) is 6.26. The number of hydrogen-bond donors (Lipinski definition) is 2. The Morgan fingerprint density at radius 3 is 1.73 bits per heavy atom. The molecule has 202 valence electrons. The van der Waals surface area contributed by atoms with Gasteiger partial charge in [-0.3, -0.25) is 4.79 Å². The molecule has 0 spiro atoms. The summed E-state index contributed by atoms with van der Waals surface area (Å²) in [5.74, 6) is 0.192. The van der Waals surface area contributed by atoms with E-state index >= 15 is 0 Å². The van der Waals surface area contributed by atoms with Crippen LogP contribution in [0.2, 0.25) is 0 Å². The lowest BCUT2D eigenvalue weighted by molar-refractivity contribution is -0.143. The van der Waals surface area contributed by atoms with E-state index in [4.69, 9.17) is 0 Å². The third kappa shape index (κ3) is 7.30. The topological polar surface area (TPSA) is 64.7 Å². The third-order valence-corrected chi connectivity index (χ3v) is 6.26. The fourth-order valence-corrected chi connectivity index (χ4v) is 4.16. The molecule has 1 fully saturated rings. The smallest absolute Gasteiger partial charge is 0.368 e. The van der Waals surface area contributed by atoms with Crippen LogP contribution in [0.15, 0.2) is 42.5 Å². The SMILES string of the molecule is CCC(CC)C(=O)N1CCN(c2ccc(NC(=O)Nc3cc(C(F)(F)F)cc(C(F)(F)F)c3)cc2)CC1. The minimum Gasteiger partial charge on any atom is -0.368 e. The first kappa shape index (κ1) is 28.1. The number of carbonyl (C=O) groups is 2. The highest BCUT2D eigenvalue weighted by Gasteiger charge is 2.37. The summed E-state index contributed by atoms with van der Waals surface area (Å²) in [5.41, 5.74) is -2.54. The number of anilines is 3. The average Bonchev–Trinajstić information content (AvgIpc) is 2.84. The molecule has 37 heavy (non-hydrogen) atoms. The summed E-state index contributed by atoms with van der Waals surface area (Å²) in [6.45, 7) is 6.45. The van der Waals surface area contributed by atoms with Gasteiger partial charge >= 0.3 is 18.4 Å². The Labute approximate surface area is 210 Å². The van der Waals surface area contributed by atoms with E-state index in [2.05, 4.69) is 10.2 Å². The number of carbonyl (C=O) groups excluding carboxylic acids is 2. The van der Waals surface area contributed by atoms with E-state index in [1.807, 2.05) is 24.1 Å². The molecule has 0 saturated carbocycles. The van der Waals surface area contributed by atoms with Crippen molar-refractivity contribution in [2.75, 3.05) is 41.7 Å². The van der Waals surface area contributed by atoms with Crippen molar-refractivity contribution in [2.24, 2.45) is 5.92 Å². The first-order chi connectivity index (χ1) is 17.3. The predicted octanol–water partition coefficient (Wildman–Crippen LogP) is 6.45. The lowest BCUT2D eigenvalue weighted by atomic mass is 10.0. The van der Waals surface area contributed by atoms with Crippen molar-refractivity contribution in [1.29, 1.82) is 0 Å². The molecule has 0 bridgehead atoms. The Hall–Kier alpha value is -3.44. The fraction of sp³-hybridized carbons (Fsp3) is 0.440. The highest BCUT2D eigenvalue weighted by molar-refractivity contribution is 6.00. The van der Waals surface area contributed by atoms with Gasteiger partial charge in [0.05, 0.1) is 11.1 Å². The lowest BCUT2D eigenvalue weighted by Crippen LogP contribution is -2.50. The Bertz CT molecular complexity index is 1060. The van der Waals surface area contributed by atoms with Crippen molar-refractivity contribution in [2.45, 2.75) is 39.0 Å². The van der Waals surface area contributed by atoms with E-state index in [-0.39, 0.29) is 17.9 Å². The van der Waals surface area contributed by atoms with Gasteiger partial charge in [-0.15, -0.1) is 0 Å². The summed E-state index contributed by atoms with van der Waals surface area (Å²) in [4.78, 5) is 28.8. The van der Waals surface area contributed by atoms with Gasteiger partial charge in [0.2, 0.25) is 5.91 Å². The molecule has 1 aliphatic rings. The molecule has 0 unspecified atom stereocenters. The van der Waals surface area contributed by atoms with Gasteiger partial charge in [0.15, 0.2) is 0 Å². The van der Waals surface area contributed by atoms with Gasteiger partial charge in [-0.25, -0.2) is 4.79 Å². The maximum Gasteiger partial charge on any atom is 0.416 e. The number of amides is 3. The largest absolute Gasteiger partial charge is 0.416 e. The molecule has 2 aromatic carbocycles. The summed E-state index contributed by atoms with van der Waals surface area (Å²) >= 11 is 0. The Morgan fingerprint density at radius 2 is 1.27 bits per heavy atom. The second kappa shape index (κ2) is 11.3. The minimum atomic E-state index is -5.02. The summed E-state index contributed by atoms with van der Waals surface area (Å²) in [6, 6.07) is 6.49. The quantitative estimate of drug-likeness (QED) is 0.422. The van der Waals surface area contributed by atoms with Gasteiger partial charge in [-0.05, 0) is 55.3 Å². The standard InChI is InChI=1S/C25H28F6N4O2/c1-3-16(4-2)22(36)35-11-9-34(10-12-35)21-7-5-19(6-8-21)32-23(37)33-20-14-17(24(26,27)28)13-18(15-20)25(29,30)31/h5-8,13-16H,3-4,9-12H2,1-2H3,(H2,32,33,37). The number of piperazine rings is 1. The molecule has 2 aromatic rings. The first-order valence-electron chi connectivity index (χ1n) is 11.8. The number of benzene rings is 2. The van der Waals surface area contributed by atoms with Crippen LogP contribution in [0.3, 0.4) is 0 Å². The van der Waals surface area contributed by atoms with Crippen LogP contribution < -0.4 is 15.5 Å². The molecule has 0 atom stereocenters. The number of urea groups is 1. The van der Waals surface area contributed by atoms with Crippen LogP contribution in [0.5, 0.6) is 0 Å². The van der Waals surface area contributed by atoms with E-state index in [0.717, 1.165) is 18.5 Å². The zero-order valence-electron chi connectivity index (χ0n) is 20.3. The summed E-state index contributed by atoms with van der Waals surface area (Å²) in [6.07, 6.45) is -8.43. The highest BCUT2D eigenvalue weighted by Crippen LogP contribution is 2.37. The molecular formula is C25H28F6N4O2. The Morgan fingerprint density at radius 1 is 0.784 bits per heavy atom. The van der Waals surface area contributed by atoms with Crippen LogP contribution in [-0.2, 0) is 17.1 Å². The number of halogens is 6. The summed E-state index contributed by atoms with van der Waals surface area (Å²) in [7, 11) is 0. The first-order valence-corrected chi connectivity index (χ1v) is 11.8. The van der Waals surface area contributed by atoms with Crippen molar-refractivity contribution in [3.63, 3.8) is 0 Å². The van der Waals surface area contributed by atoms with Crippen molar-refractivity contribution in [3.8, 4) is 0 Å². The van der Waals surface area contributed by atoms with E-state index in [1.165, 1.54) is 0 Å². The van der Waals surface area contributed by atoms with Gasteiger partial charge < -0.3 is 20.4 Å². The molecule has 0 radical (unpaired) electrons. The molecule has 2 N–H and O–H groups in total. The molecule has 1 aliphatic heterocycles.